The van der Waals surface area contributed by atoms with Gasteiger partial charge in [-0.15, -0.1) is 0 Å². The molecule has 1 N–H and O–H groups in total. The largest absolute Gasteiger partial charge is 0.497 e. The van der Waals surface area contributed by atoms with Gasteiger partial charge in [0.1, 0.15) is 11.5 Å². The van der Waals surface area contributed by atoms with Gasteiger partial charge in [0.2, 0.25) is 5.91 Å². The zero-order valence-corrected chi connectivity index (χ0v) is 23.2. The Morgan fingerprint density at radius 2 is 1.30 bits per heavy atom. The van der Waals surface area contributed by atoms with Crippen LogP contribution in [-0.2, 0) is 17.6 Å². The predicted molar refractivity (Wildman–Crippen MR) is 161 cm³/mol. The van der Waals surface area contributed by atoms with Gasteiger partial charge in [0.15, 0.2) is 5.16 Å². The quantitative estimate of drug-likeness (QED) is 0.216. The molecule has 4 aromatic carbocycles. The molecule has 2 heterocycles. The number of hydrogen-bond donors (Lipinski definition) is 1. The molecule has 0 aliphatic carbocycles. The van der Waals surface area contributed by atoms with Crippen LogP contribution in [-0.4, -0.2) is 35.8 Å². The Bertz CT molecular complexity index is 1530. The summed E-state index contributed by atoms with van der Waals surface area (Å²) in [5.74, 6) is 1.82. The number of amides is 1. The number of anilines is 2. The zero-order valence-electron chi connectivity index (χ0n) is 22.4. The van der Waals surface area contributed by atoms with Crippen molar-refractivity contribution < 1.29 is 14.3 Å². The third-order valence-electron chi connectivity index (χ3n) is 7.13. The van der Waals surface area contributed by atoms with E-state index >= 15 is 0 Å². The maximum absolute atomic E-state index is 13.9. The molecule has 40 heavy (non-hydrogen) atoms. The Morgan fingerprint density at radius 1 is 0.775 bits per heavy atom. The summed E-state index contributed by atoms with van der Waals surface area (Å²) in [4.78, 5) is 24.2. The molecule has 5 aromatic rings. The number of nitrogens with zero attached hydrogens (tertiary/aromatic N) is 2. The molecule has 0 saturated heterocycles. The second kappa shape index (κ2) is 11.3. The van der Waals surface area contributed by atoms with Gasteiger partial charge >= 0.3 is 0 Å². The average molecular weight is 548 g/mol. The number of fused-ring (bicyclic) bond motifs is 2. The molecule has 200 valence electrons. The van der Waals surface area contributed by atoms with Gasteiger partial charge in [-0.3, -0.25) is 9.69 Å². The van der Waals surface area contributed by atoms with E-state index in [-0.39, 0.29) is 11.7 Å². The molecule has 0 atom stereocenters. The van der Waals surface area contributed by atoms with Gasteiger partial charge in [-0.2, -0.15) is 0 Å². The Hall–Kier alpha value is -4.49. The highest BCUT2D eigenvalue weighted by atomic mass is 32.2. The molecule has 1 aromatic heterocycles. The minimum atomic E-state index is 0.0141. The molecule has 0 bridgehead atoms. The van der Waals surface area contributed by atoms with E-state index in [0.717, 1.165) is 58.2 Å². The zero-order chi connectivity index (χ0) is 27.5. The van der Waals surface area contributed by atoms with E-state index < -0.39 is 0 Å². The van der Waals surface area contributed by atoms with E-state index in [1.807, 2.05) is 89.8 Å². The minimum Gasteiger partial charge on any atom is -0.497 e. The molecule has 1 amide bonds. The SMILES string of the molecule is COc1ccc(-c2nc(SCC(=O)N3c4ccccc4CCc4ccccc43)[nH]c2-c2ccc(OC)cc2)cc1. The third-order valence-corrected chi connectivity index (χ3v) is 7.99. The van der Waals surface area contributed by atoms with Crippen LogP contribution in [0.5, 0.6) is 11.5 Å². The minimum absolute atomic E-state index is 0.0141. The summed E-state index contributed by atoms with van der Waals surface area (Å²) in [7, 11) is 3.31. The van der Waals surface area contributed by atoms with Gasteiger partial charge in [0.25, 0.3) is 0 Å². The normalized spacial score (nSPS) is 12.3. The molecular formula is C33H29N3O3S. The fourth-order valence-corrected chi connectivity index (χ4v) is 5.81. The van der Waals surface area contributed by atoms with E-state index in [0.29, 0.717) is 5.16 Å². The topological polar surface area (TPSA) is 67.5 Å². The predicted octanol–water partition coefficient (Wildman–Crippen LogP) is 7.32. The summed E-state index contributed by atoms with van der Waals surface area (Å²) in [5, 5.41) is 0.682. The van der Waals surface area contributed by atoms with Gasteiger partial charge < -0.3 is 14.5 Å². The first kappa shape index (κ1) is 25.8. The molecule has 1 aliphatic rings. The van der Waals surface area contributed by atoms with Crippen LogP contribution >= 0.6 is 11.8 Å². The number of rotatable bonds is 7. The summed E-state index contributed by atoms with van der Waals surface area (Å²) in [5.41, 5.74) is 7.90. The van der Waals surface area contributed by atoms with Gasteiger partial charge in [0.05, 0.1) is 42.7 Å². The highest BCUT2D eigenvalue weighted by Crippen LogP contribution is 2.38. The molecule has 0 fully saturated rings. The van der Waals surface area contributed by atoms with Crippen molar-refractivity contribution >= 4 is 29.0 Å². The molecule has 7 heteroatoms. The van der Waals surface area contributed by atoms with Crippen LogP contribution in [0, 0.1) is 0 Å². The number of hydrogen-bond acceptors (Lipinski definition) is 5. The highest BCUT2D eigenvalue weighted by molar-refractivity contribution is 7.99. The lowest BCUT2D eigenvalue weighted by Gasteiger charge is -2.24. The number of ether oxygens (including phenoxy) is 2. The highest BCUT2D eigenvalue weighted by Gasteiger charge is 2.26. The van der Waals surface area contributed by atoms with Crippen LogP contribution in [0.3, 0.4) is 0 Å². The lowest BCUT2D eigenvalue weighted by molar-refractivity contribution is -0.115. The summed E-state index contributed by atoms with van der Waals surface area (Å²) < 4.78 is 10.7. The van der Waals surface area contributed by atoms with E-state index in [9.17, 15) is 4.79 Å². The number of nitrogens with one attached hydrogen (secondary N) is 1. The van der Waals surface area contributed by atoms with Crippen molar-refractivity contribution in [2.45, 2.75) is 18.0 Å². The third kappa shape index (κ3) is 5.08. The van der Waals surface area contributed by atoms with Crippen LogP contribution in [0.2, 0.25) is 0 Å². The fraction of sp³-hybridized carbons (Fsp3) is 0.152. The number of aromatic nitrogens is 2. The van der Waals surface area contributed by atoms with Crippen LogP contribution < -0.4 is 14.4 Å². The summed E-state index contributed by atoms with van der Waals surface area (Å²) in [6.07, 6.45) is 1.80. The number of aromatic amines is 1. The van der Waals surface area contributed by atoms with Crippen LogP contribution in [0.15, 0.2) is 102 Å². The van der Waals surface area contributed by atoms with Crippen molar-refractivity contribution in [2.75, 3.05) is 24.9 Å². The number of carbonyl (C=O) groups excluding carboxylic acids is 1. The smallest absolute Gasteiger partial charge is 0.242 e. The first-order chi connectivity index (χ1) is 19.6. The first-order valence-electron chi connectivity index (χ1n) is 13.1. The van der Waals surface area contributed by atoms with Crippen LogP contribution in [0.25, 0.3) is 22.5 Å². The molecule has 0 radical (unpaired) electrons. The lowest BCUT2D eigenvalue weighted by Crippen LogP contribution is -2.28. The molecule has 0 saturated carbocycles. The summed E-state index contributed by atoms with van der Waals surface area (Å²) in [6, 6.07) is 32.1. The van der Waals surface area contributed by atoms with Crippen molar-refractivity contribution in [1.82, 2.24) is 9.97 Å². The summed E-state index contributed by atoms with van der Waals surface area (Å²) in [6.45, 7) is 0. The second-order valence-corrected chi connectivity index (χ2v) is 10.5. The number of aryl methyl sites for hydroxylation is 2. The van der Waals surface area contributed by atoms with E-state index in [2.05, 4.69) is 17.1 Å². The van der Waals surface area contributed by atoms with Crippen molar-refractivity contribution in [3.63, 3.8) is 0 Å². The van der Waals surface area contributed by atoms with Gasteiger partial charge in [-0.25, -0.2) is 4.98 Å². The number of para-hydroxylation sites is 2. The molecule has 0 spiro atoms. The standard InChI is InChI=1S/C33H29N3O3S/c1-38-26-17-13-24(14-18-26)31-32(25-15-19-27(39-2)20-16-25)35-33(34-31)40-21-30(37)36-28-9-5-3-7-22(28)11-12-23-8-4-6-10-29(23)36/h3-10,13-20H,11-12,21H2,1-2H3,(H,34,35). The van der Waals surface area contributed by atoms with Crippen LogP contribution in [0.4, 0.5) is 11.4 Å². The Morgan fingerprint density at radius 3 is 1.85 bits per heavy atom. The van der Waals surface area contributed by atoms with Crippen molar-refractivity contribution in [2.24, 2.45) is 0 Å². The van der Waals surface area contributed by atoms with Crippen molar-refractivity contribution in [1.29, 1.82) is 0 Å². The number of imidazole rings is 1. The maximum Gasteiger partial charge on any atom is 0.242 e. The van der Waals surface area contributed by atoms with Crippen molar-refractivity contribution in [3.05, 3.63) is 108 Å². The number of carbonyl (C=O) groups is 1. The molecular weight excluding hydrogens is 518 g/mol. The average Bonchev–Trinajstić information content (AvgIpc) is 3.36. The van der Waals surface area contributed by atoms with Gasteiger partial charge in [-0.1, -0.05) is 48.2 Å². The Labute approximate surface area is 238 Å². The van der Waals surface area contributed by atoms with E-state index in [1.54, 1.807) is 14.2 Å². The number of methoxy groups -OCH3 is 2. The second-order valence-electron chi connectivity index (χ2n) is 9.50. The Kier molecular flexibility index (Phi) is 7.29. The summed E-state index contributed by atoms with van der Waals surface area (Å²) >= 11 is 1.41. The van der Waals surface area contributed by atoms with Gasteiger partial charge in [-0.05, 0) is 84.6 Å². The Balaban J connectivity index is 1.32. The van der Waals surface area contributed by atoms with Gasteiger partial charge in [0, 0.05) is 11.1 Å². The fourth-order valence-electron chi connectivity index (χ4n) is 5.09. The number of thioether (sulfide) groups is 1. The van der Waals surface area contributed by atoms with E-state index in [4.69, 9.17) is 14.5 Å². The lowest BCUT2D eigenvalue weighted by atomic mass is 10.0. The maximum atomic E-state index is 13.9. The molecule has 6 nitrogen and oxygen atoms in total. The molecule has 1 aliphatic heterocycles. The van der Waals surface area contributed by atoms with Crippen LogP contribution in [0.1, 0.15) is 11.1 Å². The first-order valence-corrected chi connectivity index (χ1v) is 14.1. The number of H-pyrrole nitrogens is 1. The molecule has 0 unspecified atom stereocenters. The molecule has 6 rings (SSSR count). The van der Waals surface area contributed by atoms with Crippen molar-refractivity contribution in [3.8, 4) is 34.0 Å². The van der Waals surface area contributed by atoms with E-state index in [1.165, 1.54) is 22.9 Å². The monoisotopic (exact) mass is 547 g/mol. The number of benzene rings is 4.